The van der Waals surface area contributed by atoms with Gasteiger partial charge in [-0.3, -0.25) is 14.9 Å². The van der Waals surface area contributed by atoms with Crippen molar-refractivity contribution in [3.05, 3.63) is 46.9 Å². The molecule has 2 N–H and O–H groups in total. The molecule has 0 aliphatic carbocycles. The van der Waals surface area contributed by atoms with Crippen LogP contribution in [0.5, 0.6) is 6.01 Å². The Morgan fingerprint density at radius 2 is 1.90 bits per heavy atom. The van der Waals surface area contributed by atoms with E-state index in [9.17, 15) is 13.9 Å². The zero-order valence-corrected chi connectivity index (χ0v) is 22.8. The summed E-state index contributed by atoms with van der Waals surface area (Å²) in [5.41, 5.74) is 4.83. The van der Waals surface area contributed by atoms with Crippen LogP contribution in [0.25, 0.3) is 11.1 Å². The van der Waals surface area contributed by atoms with E-state index in [1.54, 1.807) is 13.1 Å². The first kappa shape index (κ1) is 27.0. The molecule has 1 aromatic carbocycles. The molecular formula is C28H35F2N7O3. The van der Waals surface area contributed by atoms with Crippen LogP contribution in [0, 0.1) is 0 Å². The molecule has 12 heteroatoms. The Kier molecular flexibility index (Phi) is 7.67. The van der Waals surface area contributed by atoms with Gasteiger partial charge in [-0.1, -0.05) is 0 Å². The number of aliphatic hydroxyl groups is 1. The number of methoxy groups -OCH3 is 1. The van der Waals surface area contributed by atoms with Gasteiger partial charge in [0.1, 0.15) is 0 Å². The Morgan fingerprint density at radius 3 is 2.60 bits per heavy atom. The lowest BCUT2D eigenvalue weighted by Gasteiger charge is -2.35. The predicted octanol–water partition coefficient (Wildman–Crippen LogP) is 3.58. The largest absolute Gasteiger partial charge is 0.467 e. The number of alkyl halides is 2. The molecule has 40 heavy (non-hydrogen) atoms. The summed E-state index contributed by atoms with van der Waals surface area (Å²) in [6.07, 6.45) is 3.74. The van der Waals surface area contributed by atoms with Crippen molar-refractivity contribution in [2.45, 2.75) is 57.5 Å². The number of hydrogen-bond donors (Lipinski definition) is 2. The molecule has 0 saturated carbocycles. The summed E-state index contributed by atoms with van der Waals surface area (Å²) in [5, 5.41) is 18.6. The number of aliphatic hydroxyl groups excluding tert-OH is 1. The molecule has 3 aromatic rings. The quantitative estimate of drug-likeness (QED) is 0.424. The summed E-state index contributed by atoms with van der Waals surface area (Å²) in [5.74, 6) is 0.788. The molecule has 0 amide bonds. The first-order valence-electron chi connectivity index (χ1n) is 13.8. The maximum absolute atomic E-state index is 14.5. The minimum Gasteiger partial charge on any atom is -0.467 e. The van der Waals surface area contributed by atoms with Crippen LogP contribution < -0.4 is 15.0 Å². The molecule has 0 radical (unpaired) electrons. The summed E-state index contributed by atoms with van der Waals surface area (Å²) in [7, 11) is 3.19. The van der Waals surface area contributed by atoms with E-state index in [0.717, 1.165) is 60.4 Å². The van der Waals surface area contributed by atoms with Crippen molar-refractivity contribution in [2.24, 2.45) is 0 Å². The third-order valence-corrected chi connectivity index (χ3v) is 8.22. The fraction of sp³-hybridized carbons (Fsp3) is 0.536. The third-order valence-electron chi connectivity index (χ3n) is 8.22. The van der Waals surface area contributed by atoms with Gasteiger partial charge in [0.25, 0.3) is 6.43 Å². The second kappa shape index (κ2) is 11.4. The Bertz CT molecular complexity index is 1340. The highest BCUT2D eigenvalue weighted by Gasteiger charge is 2.34. The van der Waals surface area contributed by atoms with Crippen LogP contribution >= 0.6 is 0 Å². The first-order chi connectivity index (χ1) is 19.5. The summed E-state index contributed by atoms with van der Waals surface area (Å²) < 4.78 is 41.8. The van der Waals surface area contributed by atoms with E-state index < -0.39 is 12.8 Å². The number of halogens is 2. The summed E-state index contributed by atoms with van der Waals surface area (Å²) in [6, 6.07) is 3.89. The van der Waals surface area contributed by atoms with Crippen molar-refractivity contribution in [1.82, 2.24) is 30.0 Å². The van der Waals surface area contributed by atoms with E-state index in [4.69, 9.17) is 14.6 Å². The second-order valence-electron chi connectivity index (χ2n) is 10.5. The predicted molar refractivity (Wildman–Crippen MR) is 145 cm³/mol. The number of benzene rings is 1. The van der Waals surface area contributed by atoms with Crippen LogP contribution in [-0.4, -0.2) is 76.6 Å². The number of aryl methyl sites for hydroxylation is 1. The number of hydrogen-bond acceptors (Lipinski definition) is 9. The monoisotopic (exact) mass is 555 g/mol. The van der Waals surface area contributed by atoms with Crippen LogP contribution in [0.2, 0.25) is 0 Å². The normalized spacial score (nSPS) is 19.0. The molecule has 1 unspecified atom stereocenters. The van der Waals surface area contributed by atoms with Gasteiger partial charge in [0.15, 0.2) is 12.2 Å². The van der Waals surface area contributed by atoms with Crippen molar-refractivity contribution in [3.63, 3.8) is 0 Å². The average molecular weight is 556 g/mol. The summed E-state index contributed by atoms with van der Waals surface area (Å²) in [6.45, 7) is 3.28. The van der Waals surface area contributed by atoms with E-state index >= 15 is 0 Å². The fourth-order valence-electron chi connectivity index (χ4n) is 6.15. The molecule has 5 heterocycles. The van der Waals surface area contributed by atoms with Gasteiger partial charge in [-0.2, -0.15) is 5.10 Å². The zero-order valence-electron chi connectivity index (χ0n) is 22.8. The van der Waals surface area contributed by atoms with Crippen LogP contribution in [0.1, 0.15) is 54.1 Å². The van der Waals surface area contributed by atoms with Gasteiger partial charge in [-0.15, -0.1) is 0 Å². The van der Waals surface area contributed by atoms with E-state index in [0.29, 0.717) is 44.0 Å². The summed E-state index contributed by atoms with van der Waals surface area (Å²) >= 11 is 0. The Morgan fingerprint density at radius 1 is 1.12 bits per heavy atom. The molecular weight excluding hydrogens is 520 g/mol. The number of nitrogens with one attached hydrogen (secondary N) is 1. The summed E-state index contributed by atoms with van der Waals surface area (Å²) in [4.78, 5) is 12.3. The Balaban J connectivity index is 1.44. The number of ether oxygens (including phenoxy) is 2. The lowest BCUT2D eigenvalue weighted by molar-refractivity contribution is -0.0258. The minimum atomic E-state index is -2.68. The topological polar surface area (TPSA) is 101 Å². The molecule has 0 bridgehead atoms. The Labute approximate surface area is 231 Å². The fourth-order valence-corrected chi connectivity index (χ4v) is 6.15. The number of nitrogens with zero attached hydrogens (tertiary/aromatic N) is 6. The van der Waals surface area contributed by atoms with Gasteiger partial charge < -0.3 is 19.5 Å². The van der Waals surface area contributed by atoms with Crippen LogP contribution in [0.4, 0.5) is 20.3 Å². The highest BCUT2D eigenvalue weighted by atomic mass is 19.3. The number of anilines is 2. The minimum absolute atomic E-state index is 0.0654. The van der Waals surface area contributed by atoms with Crippen molar-refractivity contribution in [2.75, 3.05) is 45.4 Å². The molecule has 6 rings (SSSR count). The standard InChI is InChI=1S/C28H35F2N7O3/c1-31-28(38)35-9-5-23-22(16-35)26(34-37(23)19-6-10-40-11-7-19)36-8-3-4-17-12-20(21(25(29)30)13-24(17)36)18-14-32-27(39-2)33-15-18/h12-15,19,25,28,31,38H,3-11,16H2,1-2H3. The highest BCUT2D eigenvalue weighted by molar-refractivity contribution is 5.76. The van der Waals surface area contributed by atoms with E-state index in [-0.39, 0.29) is 17.6 Å². The van der Waals surface area contributed by atoms with Crippen molar-refractivity contribution in [3.8, 4) is 17.1 Å². The van der Waals surface area contributed by atoms with Gasteiger partial charge >= 0.3 is 6.01 Å². The van der Waals surface area contributed by atoms with Gasteiger partial charge in [0, 0.05) is 79.7 Å². The first-order valence-corrected chi connectivity index (χ1v) is 13.8. The van der Waals surface area contributed by atoms with E-state index in [2.05, 4.69) is 24.9 Å². The van der Waals surface area contributed by atoms with Gasteiger partial charge in [0.2, 0.25) is 0 Å². The molecule has 214 valence electrons. The third kappa shape index (κ3) is 4.93. The maximum atomic E-state index is 14.5. The van der Waals surface area contributed by atoms with Gasteiger partial charge in [-0.05, 0) is 56.0 Å². The molecule has 3 aliphatic heterocycles. The number of aromatic nitrogens is 4. The van der Waals surface area contributed by atoms with Gasteiger partial charge in [-0.25, -0.2) is 18.7 Å². The van der Waals surface area contributed by atoms with E-state index in [1.807, 2.05) is 11.0 Å². The number of rotatable bonds is 7. The molecule has 1 fully saturated rings. The van der Waals surface area contributed by atoms with Gasteiger partial charge in [0.05, 0.1) is 13.2 Å². The second-order valence-corrected chi connectivity index (χ2v) is 10.5. The lowest BCUT2D eigenvalue weighted by atomic mass is 9.92. The van der Waals surface area contributed by atoms with Crippen LogP contribution in [0.15, 0.2) is 24.5 Å². The average Bonchev–Trinajstić information content (AvgIpc) is 3.38. The van der Waals surface area contributed by atoms with Crippen LogP contribution in [0.3, 0.4) is 0 Å². The van der Waals surface area contributed by atoms with Crippen molar-refractivity contribution >= 4 is 11.5 Å². The zero-order chi connectivity index (χ0) is 27.8. The van der Waals surface area contributed by atoms with Crippen molar-refractivity contribution in [1.29, 1.82) is 0 Å². The highest BCUT2D eigenvalue weighted by Crippen LogP contribution is 2.43. The van der Waals surface area contributed by atoms with Crippen LogP contribution in [-0.2, 0) is 24.1 Å². The van der Waals surface area contributed by atoms with E-state index in [1.165, 1.54) is 19.5 Å². The molecule has 0 spiro atoms. The smallest absolute Gasteiger partial charge is 0.316 e. The Hall–Kier alpha value is -3.19. The molecule has 1 saturated heterocycles. The molecule has 2 aromatic heterocycles. The SMILES string of the molecule is CNC(O)N1CCc2c(c(N3CCCc4cc(-c5cnc(OC)nc5)c(C(F)F)cc43)nn2C2CCOCC2)C1. The number of fused-ring (bicyclic) bond motifs is 2. The molecule has 10 nitrogen and oxygen atoms in total. The van der Waals surface area contributed by atoms with Crippen molar-refractivity contribution < 1.29 is 23.4 Å². The lowest BCUT2D eigenvalue weighted by Crippen LogP contribution is -2.46. The molecule has 1 atom stereocenters. The molecule has 3 aliphatic rings. The maximum Gasteiger partial charge on any atom is 0.316 e.